The van der Waals surface area contributed by atoms with Crippen LogP contribution in [0.3, 0.4) is 0 Å². The van der Waals surface area contributed by atoms with Gasteiger partial charge in [-0.15, -0.1) is 0 Å². The molecule has 0 bridgehead atoms. The number of carbonyl (C=O) groups is 1. The van der Waals surface area contributed by atoms with Gasteiger partial charge in [0.1, 0.15) is 0 Å². The molecule has 1 aliphatic rings. The molecular formula is C33H35O4P. The predicted molar refractivity (Wildman–Crippen MR) is 153 cm³/mol. The van der Waals surface area contributed by atoms with Crippen molar-refractivity contribution in [3.05, 3.63) is 121 Å². The number of furan rings is 1. The molecule has 5 heteroatoms. The van der Waals surface area contributed by atoms with Gasteiger partial charge in [-0.05, 0) is 42.9 Å². The summed E-state index contributed by atoms with van der Waals surface area (Å²) in [6, 6.07) is 32.5. The lowest BCUT2D eigenvalue weighted by atomic mass is 9.83. The molecule has 1 heterocycles. The molecule has 1 saturated carbocycles. The quantitative estimate of drug-likeness (QED) is 0.151. The summed E-state index contributed by atoms with van der Waals surface area (Å²) < 4.78 is 27.6. The number of hydrogen-bond donors (Lipinski definition) is 0. The zero-order valence-corrected chi connectivity index (χ0v) is 22.5. The molecule has 1 aromatic heterocycles. The maximum Gasteiger partial charge on any atom is 0.209 e. The fourth-order valence-electron chi connectivity index (χ4n) is 5.71. The van der Waals surface area contributed by atoms with Crippen LogP contribution in [0, 0.1) is 5.92 Å². The molecule has 3 aromatic carbocycles. The Labute approximate surface area is 225 Å². The van der Waals surface area contributed by atoms with E-state index in [1.54, 1.807) is 12.1 Å². The number of Topliss-reactive ketones (excluding diaryl/α,β-unsaturated/α-hetero) is 1. The fourth-order valence-corrected chi connectivity index (χ4v) is 8.92. The van der Waals surface area contributed by atoms with Gasteiger partial charge in [0.15, 0.2) is 12.9 Å². The Morgan fingerprint density at radius 3 is 1.92 bits per heavy atom. The lowest BCUT2D eigenvalue weighted by molar-refractivity contribution is -0.0151. The minimum atomic E-state index is -3.42. The monoisotopic (exact) mass is 526 g/mol. The molecular weight excluding hydrogens is 491 g/mol. The standard InChI is InChI=1S/C33H35O4P/c34-33(30-22-13-23-36-30)32(38(35,28-18-9-3-10-19-28)29-20-11-4-12-21-29)24-31(27-16-7-2-8-17-27)37-25-26-14-5-1-6-15-26/h1,3-6,9-15,18-23,27,31-32H,2,7-8,16-17,24-25H2/t31-,32-/m1/s1. The maximum atomic E-state index is 15.4. The third-order valence-electron chi connectivity index (χ3n) is 7.72. The van der Waals surface area contributed by atoms with Crippen molar-refractivity contribution in [1.82, 2.24) is 0 Å². The molecule has 0 saturated heterocycles. The smallest absolute Gasteiger partial charge is 0.209 e. The highest BCUT2D eigenvalue weighted by Gasteiger charge is 2.45. The van der Waals surface area contributed by atoms with Gasteiger partial charge in [0, 0.05) is 10.6 Å². The van der Waals surface area contributed by atoms with Crippen molar-refractivity contribution >= 4 is 23.5 Å². The summed E-state index contributed by atoms with van der Waals surface area (Å²) in [6.45, 7) is 0.463. The van der Waals surface area contributed by atoms with Crippen LogP contribution in [0.25, 0.3) is 0 Å². The minimum absolute atomic E-state index is 0.194. The summed E-state index contributed by atoms with van der Waals surface area (Å²) >= 11 is 0. The second kappa shape index (κ2) is 12.6. The van der Waals surface area contributed by atoms with Gasteiger partial charge in [-0.1, -0.05) is 110 Å². The Morgan fingerprint density at radius 1 is 0.789 bits per heavy atom. The van der Waals surface area contributed by atoms with Crippen molar-refractivity contribution < 1.29 is 18.5 Å². The van der Waals surface area contributed by atoms with E-state index in [4.69, 9.17) is 9.15 Å². The molecule has 0 N–H and O–H groups in total. The number of carbonyl (C=O) groups excluding carboxylic acids is 1. The van der Waals surface area contributed by atoms with Gasteiger partial charge in [-0.25, -0.2) is 0 Å². The van der Waals surface area contributed by atoms with Crippen molar-refractivity contribution in [2.75, 3.05) is 0 Å². The van der Waals surface area contributed by atoms with Crippen LogP contribution in [0.2, 0.25) is 0 Å². The Morgan fingerprint density at radius 2 is 1.37 bits per heavy atom. The molecule has 4 nitrogen and oxygen atoms in total. The molecule has 0 amide bonds. The highest BCUT2D eigenvalue weighted by atomic mass is 31.2. The molecule has 38 heavy (non-hydrogen) atoms. The number of ketones is 1. The van der Waals surface area contributed by atoms with Gasteiger partial charge in [0.05, 0.1) is 24.6 Å². The predicted octanol–water partition coefficient (Wildman–Crippen LogP) is 7.40. The summed E-state index contributed by atoms with van der Waals surface area (Å²) in [6.07, 6.45) is 7.33. The van der Waals surface area contributed by atoms with Gasteiger partial charge in [0.2, 0.25) is 5.78 Å². The number of ether oxygens (including phenoxy) is 1. The molecule has 1 aliphatic carbocycles. The van der Waals surface area contributed by atoms with Crippen molar-refractivity contribution in [1.29, 1.82) is 0 Å². The van der Waals surface area contributed by atoms with E-state index in [1.165, 1.54) is 12.7 Å². The first-order valence-electron chi connectivity index (χ1n) is 13.6. The maximum absolute atomic E-state index is 15.4. The third-order valence-corrected chi connectivity index (χ3v) is 11.2. The van der Waals surface area contributed by atoms with Crippen LogP contribution in [0.1, 0.15) is 54.6 Å². The minimum Gasteiger partial charge on any atom is -0.461 e. The van der Waals surface area contributed by atoms with Gasteiger partial charge >= 0.3 is 0 Å². The normalized spacial score (nSPS) is 16.1. The van der Waals surface area contributed by atoms with E-state index >= 15 is 4.57 Å². The van der Waals surface area contributed by atoms with E-state index in [2.05, 4.69) is 12.1 Å². The van der Waals surface area contributed by atoms with Crippen molar-refractivity contribution in [3.8, 4) is 0 Å². The molecule has 196 valence electrons. The van der Waals surface area contributed by atoms with Gasteiger partial charge in [-0.2, -0.15) is 0 Å². The Kier molecular flexibility index (Phi) is 8.73. The molecule has 4 aromatic rings. The van der Waals surface area contributed by atoms with E-state index in [-0.39, 0.29) is 17.6 Å². The third kappa shape index (κ3) is 5.93. The summed E-state index contributed by atoms with van der Waals surface area (Å²) in [4.78, 5) is 14.2. The van der Waals surface area contributed by atoms with E-state index in [1.807, 2.05) is 78.9 Å². The van der Waals surface area contributed by atoms with Crippen LogP contribution in [-0.4, -0.2) is 17.5 Å². The van der Waals surface area contributed by atoms with Gasteiger partial charge in [0.25, 0.3) is 0 Å². The lowest BCUT2D eigenvalue weighted by Gasteiger charge is -2.35. The van der Waals surface area contributed by atoms with Gasteiger partial charge < -0.3 is 13.7 Å². The number of hydrogen-bond acceptors (Lipinski definition) is 4. The van der Waals surface area contributed by atoms with Gasteiger partial charge in [-0.3, -0.25) is 4.79 Å². The molecule has 0 radical (unpaired) electrons. The second-order valence-electron chi connectivity index (χ2n) is 10.2. The SMILES string of the molecule is O=C(c1ccco1)[C@@H](C[C@@H](OCc1ccccc1)C1CCCCC1)P(=O)(c1ccccc1)c1ccccc1. The van der Waals surface area contributed by atoms with Crippen molar-refractivity contribution in [2.24, 2.45) is 5.92 Å². The lowest BCUT2D eigenvalue weighted by Crippen LogP contribution is -2.38. The molecule has 0 spiro atoms. The van der Waals surface area contributed by atoms with Crippen molar-refractivity contribution in [3.63, 3.8) is 0 Å². The molecule has 5 rings (SSSR count). The van der Waals surface area contributed by atoms with Crippen LogP contribution in [0.15, 0.2) is 114 Å². The summed E-state index contributed by atoms with van der Waals surface area (Å²) in [5, 5.41) is 1.36. The van der Waals surface area contributed by atoms with E-state index in [0.717, 1.165) is 31.2 Å². The zero-order chi connectivity index (χ0) is 26.2. The van der Waals surface area contributed by atoms with Crippen LogP contribution in [0.4, 0.5) is 0 Å². The molecule has 2 atom stereocenters. The largest absolute Gasteiger partial charge is 0.461 e. The topological polar surface area (TPSA) is 56.5 Å². The molecule has 0 aliphatic heterocycles. The molecule has 0 unspecified atom stereocenters. The first-order chi connectivity index (χ1) is 18.7. The van der Waals surface area contributed by atoms with Crippen molar-refractivity contribution in [2.45, 2.75) is 56.9 Å². The average Bonchev–Trinajstić information content (AvgIpc) is 3.54. The Hall–Kier alpha value is -3.20. The first kappa shape index (κ1) is 26.4. The van der Waals surface area contributed by atoms with E-state index in [0.29, 0.717) is 29.6 Å². The van der Waals surface area contributed by atoms with E-state index < -0.39 is 12.8 Å². The first-order valence-corrected chi connectivity index (χ1v) is 15.4. The highest BCUT2D eigenvalue weighted by molar-refractivity contribution is 7.80. The van der Waals surface area contributed by atoms with Crippen LogP contribution in [-0.2, 0) is 15.9 Å². The summed E-state index contributed by atoms with van der Waals surface area (Å²) in [5.41, 5.74) is 0.290. The number of benzene rings is 3. The Bertz CT molecular complexity index is 1270. The highest BCUT2D eigenvalue weighted by Crippen LogP contribution is 2.52. The molecule has 1 fully saturated rings. The summed E-state index contributed by atoms with van der Waals surface area (Å²) in [5.74, 6) is 0.335. The summed E-state index contributed by atoms with van der Waals surface area (Å²) in [7, 11) is -3.42. The zero-order valence-electron chi connectivity index (χ0n) is 21.7. The van der Waals surface area contributed by atoms with Crippen LogP contribution < -0.4 is 10.6 Å². The van der Waals surface area contributed by atoms with E-state index in [9.17, 15) is 4.79 Å². The Balaban J connectivity index is 1.57. The van der Waals surface area contributed by atoms with Crippen LogP contribution in [0.5, 0.6) is 0 Å². The average molecular weight is 527 g/mol. The number of rotatable bonds is 11. The second-order valence-corrected chi connectivity index (χ2v) is 13.1. The van der Waals surface area contributed by atoms with Crippen LogP contribution >= 0.6 is 7.14 Å². The fraction of sp³-hybridized carbons (Fsp3) is 0.303.